The maximum Gasteiger partial charge on any atom is 0.228 e. The first-order valence-corrected chi connectivity index (χ1v) is 7.32. The second-order valence-electron chi connectivity index (χ2n) is 5.60. The van der Waals surface area contributed by atoms with Gasteiger partial charge in [0, 0.05) is 13.1 Å². The zero-order valence-corrected chi connectivity index (χ0v) is 12.7. The number of carbonyl (C=O) groups excluding carboxylic acids is 1. The van der Waals surface area contributed by atoms with Gasteiger partial charge in [0.1, 0.15) is 0 Å². The summed E-state index contributed by atoms with van der Waals surface area (Å²) < 4.78 is 0. The topological polar surface area (TPSA) is 108 Å². The van der Waals surface area contributed by atoms with E-state index in [2.05, 4.69) is 11.2 Å². The minimum absolute atomic E-state index is 0.0371. The second-order valence-corrected chi connectivity index (χ2v) is 5.60. The van der Waals surface area contributed by atoms with E-state index in [4.69, 9.17) is 11.5 Å². The van der Waals surface area contributed by atoms with Gasteiger partial charge in [0.15, 0.2) is 6.19 Å². The first-order valence-electron chi connectivity index (χ1n) is 7.32. The Labute approximate surface area is 130 Å². The Morgan fingerprint density at radius 3 is 2.36 bits per heavy atom. The molecule has 1 fully saturated rings. The van der Waals surface area contributed by atoms with Crippen molar-refractivity contribution in [2.45, 2.75) is 37.1 Å². The normalized spacial score (nSPS) is 25.3. The van der Waals surface area contributed by atoms with Crippen molar-refractivity contribution < 1.29 is 4.79 Å². The summed E-state index contributed by atoms with van der Waals surface area (Å²) >= 11 is 0. The fourth-order valence-corrected chi connectivity index (χ4v) is 3.22. The van der Waals surface area contributed by atoms with Crippen LogP contribution in [0.3, 0.4) is 0 Å². The van der Waals surface area contributed by atoms with E-state index in [9.17, 15) is 10.1 Å². The van der Waals surface area contributed by atoms with Crippen molar-refractivity contribution >= 4 is 11.9 Å². The molecular weight excluding hydrogens is 278 g/mol. The van der Waals surface area contributed by atoms with Crippen LogP contribution in [-0.2, 0) is 10.2 Å². The van der Waals surface area contributed by atoms with E-state index < -0.39 is 5.41 Å². The smallest absolute Gasteiger partial charge is 0.228 e. The van der Waals surface area contributed by atoms with Crippen LogP contribution in [0.5, 0.6) is 0 Å². The predicted octanol–water partition coefficient (Wildman–Crippen LogP) is 1.08. The van der Waals surface area contributed by atoms with Gasteiger partial charge in [0.2, 0.25) is 11.9 Å². The lowest BCUT2D eigenvalue weighted by Crippen LogP contribution is -2.50. The monoisotopic (exact) mass is 299 g/mol. The molecule has 1 aliphatic rings. The molecule has 0 aliphatic heterocycles. The molecule has 0 aromatic heterocycles. The van der Waals surface area contributed by atoms with Gasteiger partial charge < -0.3 is 11.5 Å². The number of guanidine groups is 1. The largest absolute Gasteiger partial charge is 0.369 e. The summed E-state index contributed by atoms with van der Waals surface area (Å²) in [6.45, 7) is 0. The molecule has 22 heavy (non-hydrogen) atoms. The van der Waals surface area contributed by atoms with Crippen LogP contribution in [-0.4, -0.2) is 29.9 Å². The minimum Gasteiger partial charge on any atom is -0.369 e. The summed E-state index contributed by atoms with van der Waals surface area (Å²) in [5.74, 6) is -0.100. The third-order valence-electron chi connectivity index (χ3n) is 4.56. The fraction of sp³-hybridized carbons (Fsp3) is 0.438. The zero-order valence-electron chi connectivity index (χ0n) is 12.7. The summed E-state index contributed by atoms with van der Waals surface area (Å²) in [6.07, 6.45) is 4.62. The van der Waals surface area contributed by atoms with E-state index in [-0.39, 0.29) is 17.9 Å². The molecule has 0 unspecified atom stereocenters. The Kier molecular flexibility index (Phi) is 4.66. The molecule has 1 aromatic carbocycles. The van der Waals surface area contributed by atoms with Crippen molar-refractivity contribution in [1.29, 1.82) is 5.26 Å². The SMILES string of the molecule is CN=C(N)N(C#N)C1CCC(C(N)=O)(c2ccccc2)CC1. The first-order chi connectivity index (χ1) is 10.5. The molecule has 1 saturated carbocycles. The highest BCUT2D eigenvalue weighted by atomic mass is 16.1. The van der Waals surface area contributed by atoms with Crippen LogP contribution in [0.2, 0.25) is 0 Å². The van der Waals surface area contributed by atoms with Crippen molar-refractivity contribution in [3.05, 3.63) is 35.9 Å². The number of amides is 1. The van der Waals surface area contributed by atoms with E-state index in [0.29, 0.717) is 25.7 Å². The lowest BCUT2D eigenvalue weighted by molar-refractivity contribution is -0.125. The van der Waals surface area contributed by atoms with Gasteiger partial charge in [-0.05, 0) is 31.2 Å². The number of rotatable bonds is 3. The molecule has 1 aromatic rings. The van der Waals surface area contributed by atoms with E-state index in [0.717, 1.165) is 5.56 Å². The third-order valence-corrected chi connectivity index (χ3v) is 4.56. The van der Waals surface area contributed by atoms with Crippen molar-refractivity contribution in [2.75, 3.05) is 7.05 Å². The lowest BCUT2D eigenvalue weighted by Gasteiger charge is -2.40. The van der Waals surface area contributed by atoms with Crippen molar-refractivity contribution in [3.63, 3.8) is 0 Å². The molecule has 0 radical (unpaired) electrons. The van der Waals surface area contributed by atoms with Crippen LogP contribution < -0.4 is 11.5 Å². The van der Waals surface area contributed by atoms with Gasteiger partial charge in [0.25, 0.3) is 0 Å². The maximum atomic E-state index is 12.1. The number of carbonyl (C=O) groups is 1. The first kappa shape index (κ1) is 15.8. The van der Waals surface area contributed by atoms with Crippen LogP contribution in [0.1, 0.15) is 31.2 Å². The molecule has 116 valence electrons. The number of nitriles is 1. The zero-order chi connectivity index (χ0) is 16.2. The van der Waals surface area contributed by atoms with Crippen molar-refractivity contribution in [2.24, 2.45) is 16.5 Å². The lowest BCUT2D eigenvalue weighted by atomic mass is 9.67. The minimum atomic E-state index is -0.656. The van der Waals surface area contributed by atoms with Gasteiger partial charge in [-0.3, -0.25) is 9.79 Å². The van der Waals surface area contributed by atoms with Gasteiger partial charge in [-0.15, -0.1) is 0 Å². The summed E-state index contributed by atoms with van der Waals surface area (Å²) in [6, 6.07) is 9.58. The van der Waals surface area contributed by atoms with Crippen molar-refractivity contribution in [1.82, 2.24) is 4.90 Å². The highest BCUT2D eigenvalue weighted by Crippen LogP contribution is 2.40. The number of aliphatic imine (C=N–C) groups is 1. The number of nitrogens with two attached hydrogens (primary N) is 2. The van der Waals surface area contributed by atoms with E-state index >= 15 is 0 Å². The number of hydrogen-bond acceptors (Lipinski definition) is 3. The molecule has 0 spiro atoms. The van der Waals surface area contributed by atoms with Crippen molar-refractivity contribution in [3.8, 4) is 6.19 Å². The Hall–Kier alpha value is -2.55. The Morgan fingerprint density at radius 2 is 1.91 bits per heavy atom. The Morgan fingerprint density at radius 1 is 1.32 bits per heavy atom. The van der Waals surface area contributed by atoms with Gasteiger partial charge in [0.05, 0.1) is 5.41 Å². The summed E-state index contributed by atoms with van der Waals surface area (Å²) in [7, 11) is 1.56. The number of nitrogens with zero attached hydrogens (tertiary/aromatic N) is 3. The molecule has 1 aliphatic carbocycles. The number of benzene rings is 1. The van der Waals surface area contributed by atoms with Crippen LogP contribution in [0.25, 0.3) is 0 Å². The average molecular weight is 299 g/mol. The van der Waals surface area contributed by atoms with E-state index in [1.807, 2.05) is 30.3 Å². The highest BCUT2D eigenvalue weighted by Gasteiger charge is 2.43. The summed E-state index contributed by atoms with van der Waals surface area (Å²) in [4.78, 5) is 17.4. The van der Waals surface area contributed by atoms with E-state index in [1.54, 1.807) is 7.05 Å². The summed E-state index contributed by atoms with van der Waals surface area (Å²) in [5, 5.41) is 9.26. The molecule has 1 amide bonds. The number of primary amides is 1. The Bertz CT molecular complexity index is 597. The van der Waals surface area contributed by atoms with Crippen LogP contribution in [0.15, 0.2) is 35.3 Å². The fourth-order valence-electron chi connectivity index (χ4n) is 3.22. The maximum absolute atomic E-state index is 12.1. The van der Waals surface area contributed by atoms with Crippen LogP contribution in [0.4, 0.5) is 0 Å². The molecule has 6 nitrogen and oxygen atoms in total. The molecule has 0 heterocycles. The Balaban J connectivity index is 2.22. The highest BCUT2D eigenvalue weighted by molar-refractivity contribution is 5.87. The molecule has 2 rings (SSSR count). The molecule has 4 N–H and O–H groups in total. The van der Waals surface area contributed by atoms with Crippen LogP contribution in [0, 0.1) is 11.5 Å². The van der Waals surface area contributed by atoms with E-state index in [1.165, 1.54) is 4.90 Å². The van der Waals surface area contributed by atoms with Gasteiger partial charge in [-0.25, -0.2) is 4.90 Å². The summed E-state index contributed by atoms with van der Waals surface area (Å²) in [5.41, 5.74) is 11.8. The van der Waals surface area contributed by atoms with Gasteiger partial charge in [-0.1, -0.05) is 30.3 Å². The molecular formula is C16H21N5O. The van der Waals surface area contributed by atoms with Crippen LogP contribution >= 0.6 is 0 Å². The number of hydrogen-bond donors (Lipinski definition) is 2. The standard InChI is InChI=1S/C16H21N5O/c1-20-15(19)21(11-17)13-7-9-16(10-8-13,14(18)22)12-5-3-2-4-6-12/h2-6,13H,7-10H2,1H3,(H2,18,22)(H2,19,20). The van der Waals surface area contributed by atoms with Gasteiger partial charge >= 0.3 is 0 Å². The third kappa shape index (κ3) is 2.75. The molecule has 0 atom stereocenters. The quantitative estimate of drug-likeness (QED) is 0.377. The predicted molar refractivity (Wildman–Crippen MR) is 84.6 cm³/mol. The molecule has 0 saturated heterocycles. The molecule has 0 bridgehead atoms. The second kappa shape index (κ2) is 6.48. The van der Waals surface area contributed by atoms with Gasteiger partial charge in [-0.2, -0.15) is 5.26 Å². The molecule has 6 heteroatoms. The average Bonchev–Trinajstić information content (AvgIpc) is 2.56.